The summed E-state index contributed by atoms with van der Waals surface area (Å²) in [6.45, 7) is 0. The van der Waals surface area contributed by atoms with Crippen molar-refractivity contribution in [2.75, 3.05) is 5.75 Å². The molecule has 0 amide bonds. The van der Waals surface area contributed by atoms with Gasteiger partial charge in [0, 0.05) is 5.75 Å². The number of nitrogens with two attached hydrogens (primary N) is 1. The molecular formula is C3H9KNNaO2S. The van der Waals surface area contributed by atoms with E-state index < -0.39 is 12.0 Å². The average Bonchev–Trinajstić information content (AvgIpc) is 1.65. The second-order valence-corrected chi connectivity index (χ2v) is 1.49. The second-order valence-electron chi connectivity index (χ2n) is 1.13. The SMILES string of the molecule is N[C@@H](CS)C(=O)O.[KH].[NaH]. The molecule has 6 heteroatoms. The predicted octanol–water partition coefficient (Wildman–Crippen LogP) is -1.97. The molecule has 1 atom stereocenters. The first kappa shape index (κ1) is 17.5. The normalized spacial score (nSPS) is 10.4. The van der Waals surface area contributed by atoms with Crippen LogP contribution in [0, 0.1) is 0 Å². The number of carboxylic acid groups (broad SMARTS) is 1. The molecule has 0 aromatic rings. The predicted molar refractivity (Wildman–Crippen MR) is 43.8 cm³/mol. The van der Waals surface area contributed by atoms with Crippen LogP contribution in [-0.4, -0.2) is 104 Å². The van der Waals surface area contributed by atoms with Gasteiger partial charge in [-0.05, 0) is 0 Å². The summed E-state index contributed by atoms with van der Waals surface area (Å²) in [5.74, 6) is -0.815. The summed E-state index contributed by atoms with van der Waals surface area (Å²) in [5.41, 5.74) is 4.94. The van der Waals surface area contributed by atoms with Crippen LogP contribution in [0.15, 0.2) is 0 Å². The molecule has 0 spiro atoms. The van der Waals surface area contributed by atoms with E-state index in [0.29, 0.717) is 0 Å². The van der Waals surface area contributed by atoms with Crippen molar-refractivity contribution in [3.05, 3.63) is 0 Å². The summed E-state index contributed by atoms with van der Waals surface area (Å²) >= 11 is 3.65. The fraction of sp³-hybridized carbons (Fsp3) is 0.667. The summed E-state index contributed by atoms with van der Waals surface area (Å²) in [6.07, 6.45) is 0. The molecule has 0 aliphatic heterocycles. The van der Waals surface area contributed by atoms with Gasteiger partial charge in [0.2, 0.25) is 0 Å². The topological polar surface area (TPSA) is 63.3 Å². The van der Waals surface area contributed by atoms with Gasteiger partial charge in [-0.15, -0.1) is 0 Å². The Bertz CT molecular complexity index is 84.2. The van der Waals surface area contributed by atoms with Crippen molar-refractivity contribution in [2.24, 2.45) is 5.73 Å². The summed E-state index contributed by atoms with van der Waals surface area (Å²) in [4.78, 5) is 9.76. The Morgan fingerprint density at radius 2 is 2.11 bits per heavy atom. The molecule has 3 nitrogen and oxygen atoms in total. The number of rotatable bonds is 2. The standard InChI is InChI=1S/C3H7NO2S.K.Na.2H/c4-2(1-7)3(5)6;;;;/h2,7H,1,4H2,(H,5,6);;;;/t2-;;;;/m0..../s1. The third-order valence-corrected chi connectivity index (χ3v) is 0.907. The number of hydrogen-bond acceptors (Lipinski definition) is 3. The van der Waals surface area contributed by atoms with E-state index in [9.17, 15) is 4.79 Å². The van der Waals surface area contributed by atoms with E-state index in [1.807, 2.05) is 0 Å². The third-order valence-electron chi connectivity index (χ3n) is 0.514. The van der Waals surface area contributed by atoms with Gasteiger partial charge in [0.25, 0.3) is 0 Å². The van der Waals surface area contributed by atoms with Crippen LogP contribution in [-0.2, 0) is 4.79 Å². The van der Waals surface area contributed by atoms with Crippen LogP contribution in [0.3, 0.4) is 0 Å². The van der Waals surface area contributed by atoms with Crippen LogP contribution in [0.5, 0.6) is 0 Å². The van der Waals surface area contributed by atoms with Gasteiger partial charge in [-0.25, -0.2) is 0 Å². The number of aliphatic carboxylic acids is 1. The van der Waals surface area contributed by atoms with Crippen LogP contribution < -0.4 is 5.73 Å². The Labute approximate surface area is 124 Å². The van der Waals surface area contributed by atoms with Crippen LogP contribution in [0.4, 0.5) is 0 Å². The number of carboxylic acids is 1. The number of hydrogen-bond donors (Lipinski definition) is 3. The molecule has 0 saturated heterocycles. The molecule has 0 saturated carbocycles. The molecule has 0 aromatic carbocycles. The molecule has 0 aromatic heterocycles. The molecule has 0 fully saturated rings. The van der Waals surface area contributed by atoms with Crippen molar-refractivity contribution in [1.29, 1.82) is 0 Å². The van der Waals surface area contributed by atoms with Crippen LogP contribution in [0.25, 0.3) is 0 Å². The maximum atomic E-state index is 9.76. The van der Waals surface area contributed by atoms with Gasteiger partial charge < -0.3 is 10.8 Å². The van der Waals surface area contributed by atoms with Gasteiger partial charge in [-0.1, -0.05) is 0 Å². The molecule has 0 radical (unpaired) electrons. The van der Waals surface area contributed by atoms with E-state index in [0.717, 1.165) is 0 Å². The van der Waals surface area contributed by atoms with Crippen molar-refractivity contribution in [2.45, 2.75) is 6.04 Å². The first-order chi connectivity index (χ1) is 3.18. The first-order valence-corrected chi connectivity index (χ1v) is 2.41. The van der Waals surface area contributed by atoms with Crippen LogP contribution in [0.1, 0.15) is 0 Å². The Hall–Kier alpha value is 2.42. The summed E-state index contributed by atoms with van der Waals surface area (Å²) in [6, 6.07) is -0.816. The van der Waals surface area contributed by atoms with Gasteiger partial charge in [0.1, 0.15) is 6.04 Å². The van der Waals surface area contributed by atoms with Crippen molar-refractivity contribution in [3.63, 3.8) is 0 Å². The average molecular weight is 185 g/mol. The van der Waals surface area contributed by atoms with Crippen LogP contribution in [0.2, 0.25) is 0 Å². The number of carbonyl (C=O) groups is 1. The molecule has 0 aliphatic rings. The zero-order valence-electron chi connectivity index (χ0n) is 3.66. The Balaban J connectivity index is -0.000000180. The minimum atomic E-state index is -1.00. The fourth-order valence-corrected chi connectivity index (χ4v) is 0.234. The van der Waals surface area contributed by atoms with Crippen molar-refractivity contribution < 1.29 is 9.90 Å². The third kappa shape index (κ3) is 10.4. The van der Waals surface area contributed by atoms with E-state index in [2.05, 4.69) is 12.6 Å². The molecule has 0 unspecified atom stereocenters. The maximum absolute atomic E-state index is 9.76. The van der Waals surface area contributed by atoms with Gasteiger partial charge in [-0.2, -0.15) is 12.6 Å². The number of thiol groups is 1. The van der Waals surface area contributed by atoms with Gasteiger partial charge in [0.15, 0.2) is 0 Å². The fourth-order valence-electron chi connectivity index (χ4n) is 0.0781. The summed E-state index contributed by atoms with van der Waals surface area (Å²) < 4.78 is 0. The zero-order chi connectivity index (χ0) is 5.86. The van der Waals surface area contributed by atoms with Gasteiger partial charge in [0.05, 0.1) is 0 Å². The molecule has 0 aliphatic carbocycles. The van der Waals surface area contributed by atoms with E-state index in [1.54, 1.807) is 0 Å². The van der Waals surface area contributed by atoms with E-state index in [1.165, 1.54) is 0 Å². The second kappa shape index (κ2) is 10.4. The van der Waals surface area contributed by atoms with E-state index >= 15 is 0 Å². The first-order valence-electron chi connectivity index (χ1n) is 1.77. The molecule has 3 N–H and O–H groups in total. The minimum absolute atomic E-state index is 0. The van der Waals surface area contributed by atoms with Crippen molar-refractivity contribution >= 4 is 99.5 Å². The Morgan fingerprint density at radius 3 is 2.11 bits per heavy atom. The van der Waals surface area contributed by atoms with E-state index in [-0.39, 0.29) is 86.7 Å². The van der Waals surface area contributed by atoms with Crippen LogP contribution >= 0.6 is 12.6 Å². The molecule has 46 valence electrons. The Morgan fingerprint density at radius 1 is 1.78 bits per heavy atom. The summed E-state index contributed by atoms with van der Waals surface area (Å²) in [5, 5.41) is 8.01. The monoisotopic (exact) mass is 185 g/mol. The molecule has 9 heavy (non-hydrogen) atoms. The molecule has 0 bridgehead atoms. The molecule has 0 heterocycles. The quantitative estimate of drug-likeness (QED) is 0.345. The van der Waals surface area contributed by atoms with Gasteiger partial charge >= 0.3 is 86.9 Å². The zero-order valence-corrected chi connectivity index (χ0v) is 4.56. The van der Waals surface area contributed by atoms with Gasteiger partial charge in [-0.3, -0.25) is 4.79 Å². The summed E-state index contributed by atoms with van der Waals surface area (Å²) in [7, 11) is 0. The molecule has 0 rings (SSSR count). The molecular weight excluding hydrogens is 176 g/mol. The Kier molecular flexibility index (Phi) is 20.2. The van der Waals surface area contributed by atoms with Crippen molar-refractivity contribution in [3.8, 4) is 0 Å². The van der Waals surface area contributed by atoms with E-state index in [4.69, 9.17) is 10.8 Å². The van der Waals surface area contributed by atoms with Crippen molar-refractivity contribution in [1.82, 2.24) is 0 Å².